The highest BCUT2D eigenvalue weighted by Crippen LogP contribution is 2.23. The molecule has 4 heteroatoms. The van der Waals surface area contributed by atoms with Gasteiger partial charge in [0.2, 0.25) is 0 Å². The molecule has 1 N–H and O–H groups in total. The van der Waals surface area contributed by atoms with Gasteiger partial charge in [-0.2, -0.15) is 0 Å². The predicted octanol–water partition coefficient (Wildman–Crippen LogP) is 3.50. The van der Waals surface area contributed by atoms with Crippen LogP contribution in [0.5, 0.6) is 0 Å². The van der Waals surface area contributed by atoms with E-state index >= 15 is 0 Å². The molecule has 20 heavy (non-hydrogen) atoms. The number of thiazole rings is 1. The number of hydrogen-bond acceptors (Lipinski definition) is 4. The second-order valence-corrected chi connectivity index (χ2v) is 5.83. The minimum atomic E-state index is 0.283. The third-order valence-corrected chi connectivity index (χ3v) is 4.41. The molecular weight excluding hydrogens is 266 g/mol. The zero-order valence-corrected chi connectivity index (χ0v) is 12.4. The topological polar surface area (TPSA) is 37.8 Å². The highest BCUT2D eigenvalue weighted by atomic mass is 32.1. The van der Waals surface area contributed by atoms with Gasteiger partial charge >= 0.3 is 0 Å². The van der Waals surface area contributed by atoms with E-state index in [0.29, 0.717) is 0 Å². The Kier molecular flexibility index (Phi) is 3.76. The Morgan fingerprint density at radius 2 is 2.20 bits per heavy atom. The Labute approximate surface area is 122 Å². The molecule has 3 rings (SSSR count). The van der Waals surface area contributed by atoms with Gasteiger partial charge in [-0.05, 0) is 37.7 Å². The molecule has 0 bridgehead atoms. The monoisotopic (exact) mass is 283 g/mol. The van der Waals surface area contributed by atoms with Crippen LogP contribution in [0.15, 0.2) is 41.9 Å². The molecule has 0 saturated carbocycles. The summed E-state index contributed by atoms with van der Waals surface area (Å²) in [6.45, 7) is 2.04. The molecule has 1 atom stereocenters. The van der Waals surface area contributed by atoms with Gasteiger partial charge < -0.3 is 5.32 Å². The van der Waals surface area contributed by atoms with Crippen molar-refractivity contribution in [1.82, 2.24) is 15.3 Å². The Bertz CT molecular complexity index is 720. The van der Waals surface area contributed by atoms with Gasteiger partial charge in [-0.15, -0.1) is 11.3 Å². The maximum absolute atomic E-state index is 4.55. The fourth-order valence-corrected chi connectivity index (χ4v) is 3.19. The third-order valence-electron chi connectivity index (χ3n) is 3.42. The Morgan fingerprint density at radius 1 is 1.30 bits per heavy atom. The van der Waals surface area contributed by atoms with Crippen molar-refractivity contribution in [3.63, 3.8) is 0 Å². The minimum absolute atomic E-state index is 0.283. The van der Waals surface area contributed by atoms with Crippen LogP contribution in [-0.4, -0.2) is 17.0 Å². The van der Waals surface area contributed by atoms with E-state index in [-0.39, 0.29) is 6.04 Å². The molecule has 0 fully saturated rings. The average Bonchev–Trinajstić information content (AvgIpc) is 2.89. The summed E-state index contributed by atoms with van der Waals surface area (Å²) in [6, 6.07) is 10.8. The first kappa shape index (κ1) is 13.2. The first-order chi connectivity index (χ1) is 9.76. The van der Waals surface area contributed by atoms with Crippen LogP contribution in [0.4, 0.5) is 0 Å². The van der Waals surface area contributed by atoms with Crippen molar-refractivity contribution in [2.75, 3.05) is 7.05 Å². The van der Waals surface area contributed by atoms with E-state index in [0.717, 1.165) is 17.6 Å². The summed E-state index contributed by atoms with van der Waals surface area (Å²) in [6.07, 6.45) is 2.75. The molecule has 0 radical (unpaired) electrons. The zero-order valence-electron chi connectivity index (χ0n) is 11.6. The number of rotatable bonds is 4. The molecular formula is C16H17N3S. The number of aryl methyl sites for hydroxylation is 1. The predicted molar refractivity (Wildman–Crippen MR) is 84.1 cm³/mol. The van der Waals surface area contributed by atoms with Crippen molar-refractivity contribution in [1.29, 1.82) is 0 Å². The third kappa shape index (κ3) is 2.71. The van der Waals surface area contributed by atoms with E-state index in [2.05, 4.69) is 44.9 Å². The summed E-state index contributed by atoms with van der Waals surface area (Å²) < 4.78 is 0. The number of benzene rings is 1. The van der Waals surface area contributed by atoms with Gasteiger partial charge in [-0.3, -0.25) is 4.98 Å². The van der Waals surface area contributed by atoms with E-state index in [1.54, 1.807) is 11.3 Å². The van der Waals surface area contributed by atoms with Gasteiger partial charge in [0.15, 0.2) is 0 Å². The smallest absolute Gasteiger partial charge is 0.0947 e. The SMILES string of the molecule is CNC(Cc1nc(C)cs1)c1ccc2ncccc2c1. The first-order valence-corrected chi connectivity index (χ1v) is 7.57. The van der Waals surface area contributed by atoms with Crippen molar-refractivity contribution in [3.05, 3.63) is 58.2 Å². The largest absolute Gasteiger partial charge is 0.313 e. The van der Waals surface area contributed by atoms with Gasteiger partial charge in [0.05, 0.1) is 10.5 Å². The molecule has 0 saturated heterocycles. The fourth-order valence-electron chi connectivity index (χ4n) is 2.37. The fraction of sp³-hybridized carbons (Fsp3) is 0.250. The van der Waals surface area contributed by atoms with Crippen LogP contribution in [0.3, 0.4) is 0 Å². The molecule has 0 spiro atoms. The number of nitrogens with zero attached hydrogens (tertiary/aromatic N) is 2. The Hall–Kier alpha value is -1.78. The van der Waals surface area contributed by atoms with Crippen molar-refractivity contribution in [2.45, 2.75) is 19.4 Å². The van der Waals surface area contributed by atoms with E-state index in [4.69, 9.17) is 0 Å². The Balaban J connectivity index is 1.90. The number of pyridine rings is 1. The standard InChI is InChI=1S/C16H17N3S/c1-11-10-20-16(19-11)9-15(17-2)13-5-6-14-12(8-13)4-3-7-18-14/h3-8,10,15,17H,9H2,1-2H3. The lowest BCUT2D eigenvalue weighted by molar-refractivity contribution is 0.590. The summed E-state index contributed by atoms with van der Waals surface area (Å²) in [7, 11) is 2.00. The molecule has 0 aliphatic heterocycles. The molecule has 0 aliphatic carbocycles. The molecule has 1 unspecified atom stereocenters. The summed E-state index contributed by atoms with van der Waals surface area (Å²) in [5.74, 6) is 0. The van der Waals surface area contributed by atoms with Crippen LogP contribution in [0.1, 0.15) is 22.3 Å². The van der Waals surface area contributed by atoms with E-state index in [1.807, 2.05) is 26.2 Å². The molecule has 102 valence electrons. The number of fused-ring (bicyclic) bond motifs is 1. The molecule has 0 amide bonds. The summed E-state index contributed by atoms with van der Waals surface area (Å²) >= 11 is 1.73. The van der Waals surface area contributed by atoms with Crippen molar-refractivity contribution >= 4 is 22.2 Å². The summed E-state index contributed by atoms with van der Waals surface area (Å²) in [4.78, 5) is 8.92. The van der Waals surface area contributed by atoms with Crippen LogP contribution >= 0.6 is 11.3 Å². The van der Waals surface area contributed by atoms with E-state index in [9.17, 15) is 0 Å². The molecule has 2 heterocycles. The second-order valence-electron chi connectivity index (χ2n) is 4.88. The molecule has 3 nitrogen and oxygen atoms in total. The lowest BCUT2D eigenvalue weighted by Gasteiger charge is -2.15. The maximum atomic E-state index is 4.55. The summed E-state index contributed by atoms with van der Waals surface area (Å²) in [5.41, 5.74) is 3.42. The van der Waals surface area contributed by atoms with Gasteiger partial charge in [0.1, 0.15) is 0 Å². The van der Waals surface area contributed by atoms with Crippen LogP contribution in [-0.2, 0) is 6.42 Å². The molecule has 0 aliphatic rings. The maximum Gasteiger partial charge on any atom is 0.0947 e. The van der Waals surface area contributed by atoms with Crippen LogP contribution in [0, 0.1) is 6.92 Å². The molecule has 2 aromatic heterocycles. The van der Waals surface area contributed by atoms with Gasteiger partial charge in [-0.1, -0.05) is 12.1 Å². The van der Waals surface area contributed by atoms with Crippen LogP contribution in [0.2, 0.25) is 0 Å². The first-order valence-electron chi connectivity index (χ1n) is 6.69. The van der Waals surface area contributed by atoms with Crippen molar-refractivity contribution in [2.24, 2.45) is 0 Å². The van der Waals surface area contributed by atoms with Gasteiger partial charge in [-0.25, -0.2) is 4.98 Å². The number of nitrogens with one attached hydrogen (secondary N) is 1. The lowest BCUT2D eigenvalue weighted by atomic mass is 10.0. The van der Waals surface area contributed by atoms with Gasteiger partial charge in [0.25, 0.3) is 0 Å². The second kappa shape index (κ2) is 5.69. The van der Waals surface area contributed by atoms with E-state index in [1.165, 1.54) is 16.0 Å². The number of likely N-dealkylation sites (N-methyl/N-ethyl adjacent to an activating group) is 1. The molecule has 1 aromatic carbocycles. The highest BCUT2D eigenvalue weighted by molar-refractivity contribution is 7.09. The number of hydrogen-bond donors (Lipinski definition) is 1. The lowest BCUT2D eigenvalue weighted by Crippen LogP contribution is -2.18. The zero-order chi connectivity index (χ0) is 13.9. The quantitative estimate of drug-likeness (QED) is 0.796. The van der Waals surface area contributed by atoms with Crippen LogP contribution < -0.4 is 5.32 Å². The normalized spacial score (nSPS) is 12.7. The number of aromatic nitrogens is 2. The summed E-state index contributed by atoms with van der Waals surface area (Å²) in [5, 5.41) is 7.85. The minimum Gasteiger partial charge on any atom is -0.313 e. The van der Waals surface area contributed by atoms with Crippen molar-refractivity contribution in [3.8, 4) is 0 Å². The molecule has 3 aromatic rings. The Morgan fingerprint density at radius 3 is 2.95 bits per heavy atom. The average molecular weight is 283 g/mol. The van der Waals surface area contributed by atoms with Gasteiger partial charge in [0, 0.05) is 35.1 Å². The van der Waals surface area contributed by atoms with E-state index < -0.39 is 0 Å². The van der Waals surface area contributed by atoms with Crippen molar-refractivity contribution < 1.29 is 0 Å². The van der Waals surface area contributed by atoms with Crippen LogP contribution in [0.25, 0.3) is 10.9 Å². The highest BCUT2D eigenvalue weighted by Gasteiger charge is 2.12.